The highest BCUT2D eigenvalue weighted by Crippen LogP contribution is 2.29. The SMILES string of the molecule is Clc1nnc2c3c(cccc13)C=NN2. The van der Waals surface area contributed by atoms with Gasteiger partial charge in [0.2, 0.25) is 0 Å². The maximum Gasteiger partial charge on any atom is 0.177 e. The van der Waals surface area contributed by atoms with E-state index in [0.717, 1.165) is 16.3 Å². The fourth-order valence-electron chi connectivity index (χ4n) is 1.55. The van der Waals surface area contributed by atoms with E-state index in [1.165, 1.54) is 0 Å². The molecule has 0 radical (unpaired) electrons. The Morgan fingerprint density at radius 3 is 3.07 bits per heavy atom. The molecule has 1 aromatic heterocycles. The molecule has 0 aliphatic carbocycles. The third-order valence-electron chi connectivity index (χ3n) is 2.17. The largest absolute Gasteiger partial charge is 0.259 e. The number of rotatable bonds is 0. The zero-order valence-corrected chi connectivity index (χ0v) is 7.78. The van der Waals surface area contributed by atoms with E-state index in [1.807, 2.05) is 18.2 Å². The Bertz CT molecular complexity index is 550. The monoisotopic (exact) mass is 204 g/mol. The Kier molecular flexibility index (Phi) is 1.46. The van der Waals surface area contributed by atoms with Crippen molar-refractivity contribution in [2.75, 3.05) is 5.43 Å². The van der Waals surface area contributed by atoms with E-state index in [-0.39, 0.29) is 0 Å². The number of nitrogens with one attached hydrogen (secondary N) is 1. The van der Waals surface area contributed by atoms with Crippen LogP contribution in [0.3, 0.4) is 0 Å². The fraction of sp³-hybridized carbons (Fsp3) is 0. The summed E-state index contributed by atoms with van der Waals surface area (Å²) in [5, 5.41) is 14.0. The quantitative estimate of drug-likeness (QED) is 0.715. The summed E-state index contributed by atoms with van der Waals surface area (Å²) >= 11 is 5.94. The van der Waals surface area contributed by atoms with Crippen LogP contribution >= 0.6 is 11.6 Å². The van der Waals surface area contributed by atoms with Gasteiger partial charge in [-0.25, -0.2) is 0 Å². The molecule has 0 atom stereocenters. The van der Waals surface area contributed by atoms with E-state index < -0.39 is 0 Å². The van der Waals surface area contributed by atoms with E-state index >= 15 is 0 Å². The van der Waals surface area contributed by atoms with Gasteiger partial charge >= 0.3 is 0 Å². The van der Waals surface area contributed by atoms with Gasteiger partial charge in [0.25, 0.3) is 0 Å². The van der Waals surface area contributed by atoms with Crippen LogP contribution in [0.4, 0.5) is 5.82 Å². The number of halogens is 1. The molecule has 1 aromatic carbocycles. The van der Waals surface area contributed by atoms with Crippen molar-refractivity contribution in [2.24, 2.45) is 5.10 Å². The van der Waals surface area contributed by atoms with Crippen LogP contribution in [0, 0.1) is 0 Å². The van der Waals surface area contributed by atoms with Crippen LogP contribution in [0.2, 0.25) is 5.15 Å². The van der Waals surface area contributed by atoms with Crippen LogP contribution in [0.1, 0.15) is 5.56 Å². The third-order valence-corrected chi connectivity index (χ3v) is 2.45. The topological polar surface area (TPSA) is 50.2 Å². The Labute approximate surface area is 84.6 Å². The number of hydrazone groups is 1. The van der Waals surface area contributed by atoms with Gasteiger partial charge in [-0.3, -0.25) is 5.43 Å². The van der Waals surface area contributed by atoms with Crippen LogP contribution in [0.15, 0.2) is 23.3 Å². The average molecular weight is 205 g/mol. The van der Waals surface area contributed by atoms with Crippen molar-refractivity contribution in [3.8, 4) is 0 Å². The molecule has 0 bridgehead atoms. The lowest BCUT2D eigenvalue weighted by Gasteiger charge is -2.11. The predicted octanol–water partition coefficient (Wildman–Crippen LogP) is 2.04. The van der Waals surface area contributed by atoms with Gasteiger partial charge in [-0.2, -0.15) is 5.10 Å². The van der Waals surface area contributed by atoms with Crippen LogP contribution < -0.4 is 5.43 Å². The lowest BCUT2D eigenvalue weighted by molar-refractivity contribution is 1.04. The summed E-state index contributed by atoms with van der Waals surface area (Å²) in [5.41, 5.74) is 3.80. The molecule has 1 N–H and O–H groups in total. The molecule has 0 unspecified atom stereocenters. The van der Waals surface area contributed by atoms with Crippen molar-refractivity contribution < 1.29 is 0 Å². The second-order valence-electron chi connectivity index (χ2n) is 2.98. The molecule has 0 saturated heterocycles. The molecule has 68 valence electrons. The van der Waals surface area contributed by atoms with Crippen LogP contribution in [0.5, 0.6) is 0 Å². The predicted molar refractivity (Wildman–Crippen MR) is 55.8 cm³/mol. The van der Waals surface area contributed by atoms with E-state index in [4.69, 9.17) is 11.6 Å². The van der Waals surface area contributed by atoms with Crippen molar-refractivity contribution in [3.05, 3.63) is 28.9 Å². The molecule has 1 aliphatic heterocycles. The van der Waals surface area contributed by atoms with Gasteiger partial charge < -0.3 is 0 Å². The number of nitrogens with zero attached hydrogens (tertiary/aromatic N) is 3. The van der Waals surface area contributed by atoms with Gasteiger partial charge in [0.15, 0.2) is 11.0 Å². The molecule has 0 amide bonds. The lowest BCUT2D eigenvalue weighted by Crippen LogP contribution is -2.03. The van der Waals surface area contributed by atoms with Gasteiger partial charge in [0.1, 0.15) is 0 Å². The molecule has 5 heteroatoms. The number of benzene rings is 1. The van der Waals surface area contributed by atoms with Gasteiger partial charge in [0.05, 0.1) is 6.21 Å². The highest BCUT2D eigenvalue weighted by molar-refractivity contribution is 6.35. The van der Waals surface area contributed by atoms with Gasteiger partial charge in [-0.1, -0.05) is 29.8 Å². The van der Waals surface area contributed by atoms with E-state index in [0.29, 0.717) is 11.0 Å². The summed E-state index contributed by atoms with van der Waals surface area (Å²) in [6.45, 7) is 0. The number of hydrogen-bond acceptors (Lipinski definition) is 4. The minimum atomic E-state index is 0.419. The van der Waals surface area contributed by atoms with Crippen LogP contribution in [-0.4, -0.2) is 16.4 Å². The first-order chi connectivity index (χ1) is 6.86. The number of anilines is 1. The summed E-state index contributed by atoms with van der Waals surface area (Å²) in [6.07, 6.45) is 1.74. The fourth-order valence-corrected chi connectivity index (χ4v) is 1.75. The Morgan fingerprint density at radius 1 is 1.21 bits per heavy atom. The third kappa shape index (κ3) is 0.914. The molecule has 0 fully saturated rings. The summed E-state index contributed by atoms with van der Waals surface area (Å²) in [4.78, 5) is 0. The van der Waals surface area contributed by atoms with E-state index in [2.05, 4.69) is 20.7 Å². The first-order valence-electron chi connectivity index (χ1n) is 4.10. The molecule has 4 nitrogen and oxygen atoms in total. The summed E-state index contributed by atoms with van der Waals surface area (Å²) in [5.74, 6) is 0.655. The minimum absolute atomic E-state index is 0.419. The smallest absolute Gasteiger partial charge is 0.177 e. The van der Waals surface area contributed by atoms with Crippen molar-refractivity contribution >= 4 is 34.4 Å². The molecule has 0 spiro atoms. The minimum Gasteiger partial charge on any atom is -0.259 e. The van der Waals surface area contributed by atoms with Crippen molar-refractivity contribution in [1.82, 2.24) is 10.2 Å². The molecular formula is C9H5ClN4. The second-order valence-corrected chi connectivity index (χ2v) is 3.34. The Morgan fingerprint density at radius 2 is 2.14 bits per heavy atom. The molecule has 2 heterocycles. The number of hydrogen-bond donors (Lipinski definition) is 1. The van der Waals surface area contributed by atoms with Crippen molar-refractivity contribution in [2.45, 2.75) is 0 Å². The average Bonchev–Trinajstić information content (AvgIpc) is 2.24. The highest BCUT2D eigenvalue weighted by atomic mass is 35.5. The van der Waals surface area contributed by atoms with Crippen LogP contribution in [-0.2, 0) is 0 Å². The van der Waals surface area contributed by atoms with Gasteiger partial charge in [-0.05, 0) is 0 Å². The molecule has 3 rings (SSSR count). The van der Waals surface area contributed by atoms with Gasteiger partial charge in [0, 0.05) is 16.3 Å². The molecule has 14 heavy (non-hydrogen) atoms. The molecule has 2 aromatic rings. The first kappa shape index (κ1) is 7.70. The molecular weight excluding hydrogens is 200 g/mol. The Balaban J connectivity index is 2.56. The summed E-state index contributed by atoms with van der Waals surface area (Å²) in [6, 6.07) is 5.81. The first-order valence-corrected chi connectivity index (χ1v) is 4.48. The molecule has 0 saturated carbocycles. The summed E-state index contributed by atoms with van der Waals surface area (Å²) < 4.78 is 0. The number of aromatic nitrogens is 2. The standard InChI is InChI=1S/C9H5ClN4/c10-8-6-3-1-2-5-4-11-13-9(7(5)6)14-12-8/h1-4H,(H,13,14). The normalized spacial score (nSPS) is 12.9. The van der Waals surface area contributed by atoms with E-state index in [9.17, 15) is 0 Å². The van der Waals surface area contributed by atoms with Crippen molar-refractivity contribution in [3.63, 3.8) is 0 Å². The second kappa shape index (κ2) is 2.65. The lowest BCUT2D eigenvalue weighted by atomic mass is 10.1. The zero-order chi connectivity index (χ0) is 9.54. The van der Waals surface area contributed by atoms with E-state index in [1.54, 1.807) is 6.21 Å². The van der Waals surface area contributed by atoms with Crippen LogP contribution in [0.25, 0.3) is 10.8 Å². The summed E-state index contributed by atoms with van der Waals surface area (Å²) in [7, 11) is 0. The molecule has 1 aliphatic rings. The Hall–Kier alpha value is -1.68. The highest BCUT2D eigenvalue weighted by Gasteiger charge is 2.12. The maximum atomic E-state index is 5.94. The maximum absolute atomic E-state index is 5.94. The van der Waals surface area contributed by atoms with Gasteiger partial charge in [-0.15, -0.1) is 10.2 Å². The zero-order valence-electron chi connectivity index (χ0n) is 7.03. The van der Waals surface area contributed by atoms with Crippen molar-refractivity contribution in [1.29, 1.82) is 0 Å².